The predicted molar refractivity (Wildman–Crippen MR) is 103 cm³/mol. The highest BCUT2D eigenvalue weighted by Crippen LogP contribution is 2.18. The fourth-order valence-electron chi connectivity index (χ4n) is 2.18. The molecule has 2 aromatic rings. The van der Waals surface area contributed by atoms with Gasteiger partial charge in [0.15, 0.2) is 5.96 Å². The molecule has 6 nitrogen and oxygen atoms in total. The standard InChI is InChI=1S/C18H26N4O2S/c1-13-14(2)25-17(22-13)8-9-20-18(19-3)21-10-11-24-16-7-5-6-15(12-16)23-4/h5-7,12H,8-11H2,1-4H3,(H2,19,20,21). The third kappa shape index (κ3) is 6.26. The Bertz CT molecular complexity index is 681. The summed E-state index contributed by atoms with van der Waals surface area (Å²) >= 11 is 1.75. The molecular weight excluding hydrogens is 336 g/mol. The van der Waals surface area contributed by atoms with Crippen LogP contribution >= 0.6 is 11.3 Å². The lowest BCUT2D eigenvalue weighted by atomic mass is 10.3. The van der Waals surface area contributed by atoms with E-state index in [1.54, 1.807) is 25.5 Å². The number of thiazole rings is 1. The summed E-state index contributed by atoms with van der Waals surface area (Å²) in [6, 6.07) is 7.57. The summed E-state index contributed by atoms with van der Waals surface area (Å²) in [5.74, 6) is 2.34. The van der Waals surface area contributed by atoms with Crippen LogP contribution in [0.15, 0.2) is 29.3 Å². The molecule has 0 atom stereocenters. The highest BCUT2D eigenvalue weighted by atomic mass is 32.1. The molecule has 0 fully saturated rings. The SMILES string of the molecule is CN=C(NCCOc1cccc(OC)c1)NCCc1nc(C)c(C)s1. The molecule has 1 aromatic carbocycles. The number of guanidine groups is 1. The van der Waals surface area contributed by atoms with E-state index in [1.165, 1.54) is 4.88 Å². The number of nitrogens with zero attached hydrogens (tertiary/aromatic N) is 2. The molecule has 2 rings (SSSR count). The normalized spacial score (nSPS) is 11.3. The van der Waals surface area contributed by atoms with Crippen molar-refractivity contribution >= 4 is 17.3 Å². The zero-order valence-corrected chi connectivity index (χ0v) is 16.1. The summed E-state index contributed by atoms with van der Waals surface area (Å²) in [4.78, 5) is 10.0. The molecule has 0 aliphatic heterocycles. The van der Waals surface area contributed by atoms with Crippen LogP contribution in [0.5, 0.6) is 11.5 Å². The number of hydrogen-bond acceptors (Lipinski definition) is 5. The molecule has 2 N–H and O–H groups in total. The van der Waals surface area contributed by atoms with Gasteiger partial charge in [0, 0.05) is 31.0 Å². The Hall–Kier alpha value is -2.28. The molecule has 0 bridgehead atoms. The molecule has 0 aliphatic rings. The Morgan fingerprint density at radius 1 is 1.20 bits per heavy atom. The second-order valence-electron chi connectivity index (χ2n) is 5.45. The maximum Gasteiger partial charge on any atom is 0.191 e. The van der Waals surface area contributed by atoms with Crippen LogP contribution in [0.4, 0.5) is 0 Å². The van der Waals surface area contributed by atoms with Crippen LogP contribution in [0.3, 0.4) is 0 Å². The van der Waals surface area contributed by atoms with Gasteiger partial charge in [-0.05, 0) is 26.0 Å². The molecule has 0 saturated carbocycles. The Labute approximate surface area is 153 Å². The molecule has 0 amide bonds. The number of nitrogens with one attached hydrogen (secondary N) is 2. The summed E-state index contributed by atoms with van der Waals surface area (Å²) in [6.07, 6.45) is 0.889. The molecule has 25 heavy (non-hydrogen) atoms. The second-order valence-corrected chi connectivity index (χ2v) is 6.74. The van der Waals surface area contributed by atoms with Crippen LogP contribution in [-0.2, 0) is 6.42 Å². The van der Waals surface area contributed by atoms with E-state index in [4.69, 9.17) is 9.47 Å². The van der Waals surface area contributed by atoms with Crippen molar-refractivity contribution in [2.45, 2.75) is 20.3 Å². The van der Waals surface area contributed by atoms with Crippen molar-refractivity contribution in [3.63, 3.8) is 0 Å². The average molecular weight is 362 g/mol. The minimum atomic E-state index is 0.540. The predicted octanol–water partition coefficient (Wildman–Crippen LogP) is 2.56. The van der Waals surface area contributed by atoms with Crippen molar-refractivity contribution in [3.8, 4) is 11.5 Å². The summed E-state index contributed by atoms with van der Waals surface area (Å²) in [7, 11) is 3.40. The molecule has 1 aromatic heterocycles. The first-order chi connectivity index (χ1) is 12.1. The second kappa shape index (κ2) is 9.88. The van der Waals surface area contributed by atoms with Gasteiger partial charge < -0.3 is 20.1 Å². The summed E-state index contributed by atoms with van der Waals surface area (Å²) in [5.41, 5.74) is 1.12. The fraction of sp³-hybridized carbons (Fsp3) is 0.444. The van der Waals surface area contributed by atoms with E-state index in [2.05, 4.69) is 27.5 Å². The first-order valence-electron chi connectivity index (χ1n) is 8.26. The number of hydrogen-bond donors (Lipinski definition) is 2. The van der Waals surface area contributed by atoms with Crippen molar-refractivity contribution in [1.29, 1.82) is 0 Å². The number of aryl methyl sites for hydroxylation is 2. The fourth-order valence-corrected chi connectivity index (χ4v) is 3.12. The Morgan fingerprint density at radius 2 is 1.96 bits per heavy atom. The topological polar surface area (TPSA) is 67.8 Å². The van der Waals surface area contributed by atoms with E-state index in [1.807, 2.05) is 31.2 Å². The van der Waals surface area contributed by atoms with Crippen molar-refractivity contribution < 1.29 is 9.47 Å². The summed E-state index contributed by atoms with van der Waals surface area (Å²) in [5, 5.41) is 7.68. The number of methoxy groups -OCH3 is 1. The van der Waals surface area contributed by atoms with Gasteiger partial charge in [0.2, 0.25) is 0 Å². The van der Waals surface area contributed by atoms with E-state index in [-0.39, 0.29) is 0 Å². The van der Waals surface area contributed by atoms with Gasteiger partial charge in [-0.3, -0.25) is 4.99 Å². The van der Waals surface area contributed by atoms with E-state index in [0.29, 0.717) is 13.2 Å². The first-order valence-corrected chi connectivity index (χ1v) is 9.08. The summed E-state index contributed by atoms with van der Waals surface area (Å²) < 4.78 is 10.9. The number of aromatic nitrogens is 1. The van der Waals surface area contributed by atoms with Crippen LogP contribution in [0.1, 0.15) is 15.6 Å². The minimum Gasteiger partial charge on any atom is -0.497 e. The van der Waals surface area contributed by atoms with Crippen LogP contribution < -0.4 is 20.1 Å². The van der Waals surface area contributed by atoms with Crippen molar-refractivity contribution in [1.82, 2.24) is 15.6 Å². The molecule has 0 unspecified atom stereocenters. The van der Waals surface area contributed by atoms with E-state index >= 15 is 0 Å². The third-order valence-corrected chi connectivity index (χ3v) is 4.76. The lowest BCUT2D eigenvalue weighted by Gasteiger charge is -2.12. The van der Waals surface area contributed by atoms with Gasteiger partial charge in [-0.2, -0.15) is 0 Å². The minimum absolute atomic E-state index is 0.540. The molecule has 0 radical (unpaired) electrons. The van der Waals surface area contributed by atoms with Gasteiger partial charge in [-0.1, -0.05) is 6.07 Å². The van der Waals surface area contributed by atoms with Gasteiger partial charge in [-0.25, -0.2) is 4.98 Å². The largest absolute Gasteiger partial charge is 0.497 e. The van der Waals surface area contributed by atoms with Gasteiger partial charge in [-0.15, -0.1) is 11.3 Å². The molecule has 7 heteroatoms. The highest BCUT2D eigenvalue weighted by Gasteiger charge is 2.04. The number of ether oxygens (including phenoxy) is 2. The van der Waals surface area contributed by atoms with Crippen LogP contribution in [0.2, 0.25) is 0 Å². The van der Waals surface area contributed by atoms with Crippen molar-refractivity contribution in [2.75, 3.05) is 33.9 Å². The lowest BCUT2D eigenvalue weighted by molar-refractivity contribution is 0.319. The smallest absolute Gasteiger partial charge is 0.191 e. The summed E-state index contributed by atoms with van der Waals surface area (Å²) in [6.45, 7) is 6.15. The van der Waals surface area contributed by atoms with E-state index in [9.17, 15) is 0 Å². The lowest BCUT2D eigenvalue weighted by Crippen LogP contribution is -2.40. The van der Waals surface area contributed by atoms with Gasteiger partial charge in [0.25, 0.3) is 0 Å². The molecule has 0 saturated heterocycles. The zero-order valence-electron chi connectivity index (χ0n) is 15.3. The van der Waals surface area contributed by atoms with Gasteiger partial charge in [0.05, 0.1) is 24.4 Å². The van der Waals surface area contributed by atoms with Crippen molar-refractivity contribution in [2.24, 2.45) is 4.99 Å². The van der Waals surface area contributed by atoms with Gasteiger partial charge in [0.1, 0.15) is 18.1 Å². The average Bonchev–Trinajstić information content (AvgIpc) is 2.95. The van der Waals surface area contributed by atoms with Crippen LogP contribution in [0, 0.1) is 13.8 Å². The van der Waals surface area contributed by atoms with Crippen molar-refractivity contribution in [3.05, 3.63) is 39.8 Å². The third-order valence-electron chi connectivity index (χ3n) is 3.63. The van der Waals surface area contributed by atoms with Gasteiger partial charge >= 0.3 is 0 Å². The Morgan fingerprint density at radius 3 is 2.64 bits per heavy atom. The quantitative estimate of drug-likeness (QED) is 0.429. The molecule has 1 heterocycles. The number of aliphatic imine (C=N–C) groups is 1. The molecule has 0 aliphatic carbocycles. The van der Waals surface area contributed by atoms with Crippen LogP contribution in [-0.4, -0.2) is 44.8 Å². The maximum absolute atomic E-state index is 5.70. The van der Waals surface area contributed by atoms with E-state index < -0.39 is 0 Å². The highest BCUT2D eigenvalue weighted by molar-refractivity contribution is 7.11. The Balaban J connectivity index is 1.66. The zero-order chi connectivity index (χ0) is 18.1. The first kappa shape index (κ1) is 19.1. The van der Waals surface area contributed by atoms with E-state index in [0.717, 1.165) is 41.1 Å². The molecule has 0 spiro atoms. The maximum atomic E-state index is 5.70. The number of rotatable bonds is 8. The molecule has 136 valence electrons. The monoisotopic (exact) mass is 362 g/mol. The molecular formula is C18H26N4O2S. The number of benzene rings is 1. The Kier molecular flexibility index (Phi) is 7.53. The van der Waals surface area contributed by atoms with Crippen LogP contribution in [0.25, 0.3) is 0 Å².